The number of halogens is 3. The molecule has 0 spiro atoms. The van der Waals surface area contributed by atoms with E-state index in [-0.39, 0.29) is 29.6 Å². The highest BCUT2D eigenvalue weighted by molar-refractivity contribution is 6.31. The van der Waals surface area contributed by atoms with Crippen molar-refractivity contribution < 1.29 is 18.4 Å². The third kappa shape index (κ3) is 2.84. The van der Waals surface area contributed by atoms with Gasteiger partial charge in [-0.2, -0.15) is 0 Å². The average Bonchev–Trinajstić information content (AvgIpc) is 2.67. The number of anilines is 1. The molecular formula is C12H11ClF2N2O2. The number of benzene rings is 1. The van der Waals surface area contributed by atoms with Crippen molar-refractivity contribution in [3.63, 3.8) is 0 Å². The van der Waals surface area contributed by atoms with Crippen LogP contribution in [0.15, 0.2) is 12.1 Å². The second-order valence-electron chi connectivity index (χ2n) is 4.41. The first-order chi connectivity index (χ1) is 8.88. The minimum Gasteiger partial charge on any atom is -0.345 e. The number of hydrogen-bond acceptors (Lipinski definition) is 2. The topological polar surface area (TPSA) is 49.4 Å². The smallest absolute Gasteiger partial charge is 0.229 e. The van der Waals surface area contributed by atoms with E-state index in [1.807, 2.05) is 0 Å². The summed E-state index contributed by atoms with van der Waals surface area (Å²) in [5.41, 5.74) is -0.196. The van der Waals surface area contributed by atoms with Gasteiger partial charge in [-0.1, -0.05) is 11.6 Å². The highest BCUT2D eigenvalue weighted by Gasteiger charge is 2.32. The fourth-order valence-electron chi connectivity index (χ4n) is 1.89. The molecule has 1 aromatic rings. The number of hydrogen-bond donors (Lipinski definition) is 1. The number of carbonyl (C=O) groups excluding carboxylic acids is 2. The van der Waals surface area contributed by atoms with Crippen molar-refractivity contribution in [3.05, 3.63) is 28.8 Å². The molecule has 0 bridgehead atoms. The zero-order chi connectivity index (χ0) is 14.2. The van der Waals surface area contributed by atoms with E-state index in [1.54, 1.807) is 7.05 Å². The summed E-state index contributed by atoms with van der Waals surface area (Å²) < 4.78 is 26.4. The molecule has 0 aromatic heterocycles. The predicted octanol–water partition coefficient (Wildman–Crippen LogP) is 2.03. The van der Waals surface area contributed by atoms with E-state index >= 15 is 0 Å². The molecule has 19 heavy (non-hydrogen) atoms. The summed E-state index contributed by atoms with van der Waals surface area (Å²) in [4.78, 5) is 24.6. The summed E-state index contributed by atoms with van der Waals surface area (Å²) >= 11 is 5.52. The van der Waals surface area contributed by atoms with Gasteiger partial charge >= 0.3 is 0 Å². The van der Waals surface area contributed by atoms with E-state index in [0.717, 1.165) is 6.07 Å². The molecule has 102 valence electrons. The molecule has 1 aliphatic heterocycles. The summed E-state index contributed by atoms with van der Waals surface area (Å²) in [5.74, 6) is -2.97. The van der Waals surface area contributed by atoms with Gasteiger partial charge in [0.1, 0.15) is 11.6 Å². The minimum absolute atomic E-state index is 0.0822. The van der Waals surface area contributed by atoms with Gasteiger partial charge in [-0.15, -0.1) is 0 Å². The van der Waals surface area contributed by atoms with Crippen LogP contribution in [0.2, 0.25) is 5.02 Å². The maximum absolute atomic E-state index is 13.4. The lowest BCUT2D eigenvalue weighted by Crippen LogP contribution is -2.26. The molecular weight excluding hydrogens is 278 g/mol. The lowest BCUT2D eigenvalue weighted by atomic mass is 10.1. The second-order valence-corrected chi connectivity index (χ2v) is 4.82. The normalized spacial score (nSPS) is 18.8. The molecule has 0 saturated carbocycles. The Morgan fingerprint density at radius 1 is 1.42 bits per heavy atom. The number of likely N-dealkylation sites (tertiary alicyclic amines) is 1. The number of amides is 2. The van der Waals surface area contributed by atoms with E-state index in [0.29, 0.717) is 6.07 Å². The zero-order valence-corrected chi connectivity index (χ0v) is 10.8. The van der Waals surface area contributed by atoms with Gasteiger partial charge in [0.15, 0.2) is 0 Å². The summed E-state index contributed by atoms with van der Waals surface area (Å²) in [5, 5.41) is 2.04. The van der Waals surface area contributed by atoms with Gasteiger partial charge in [0.25, 0.3) is 0 Å². The van der Waals surface area contributed by atoms with Crippen molar-refractivity contribution in [3.8, 4) is 0 Å². The van der Waals surface area contributed by atoms with Crippen LogP contribution in [0.25, 0.3) is 0 Å². The van der Waals surface area contributed by atoms with Gasteiger partial charge < -0.3 is 10.2 Å². The van der Waals surface area contributed by atoms with Crippen LogP contribution in [0, 0.1) is 17.6 Å². The van der Waals surface area contributed by atoms with Crippen molar-refractivity contribution in [2.45, 2.75) is 6.42 Å². The van der Waals surface area contributed by atoms with Gasteiger partial charge in [0.2, 0.25) is 11.8 Å². The lowest BCUT2D eigenvalue weighted by molar-refractivity contribution is -0.127. The Labute approximate surface area is 113 Å². The first kappa shape index (κ1) is 13.7. The van der Waals surface area contributed by atoms with Gasteiger partial charge in [0.05, 0.1) is 16.6 Å². The number of nitrogens with one attached hydrogen (secondary N) is 1. The number of carbonyl (C=O) groups is 2. The third-order valence-corrected chi connectivity index (χ3v) is 3.27. The van der Waals surface area contributed by atoms with E-state index in [2.05, 4.69) is 5.32 Å². The summed E-state index contributed by atoms with van der Waals surface area (Å²) in [6.45, 7) is 0.279. The SMILES string of the molecule is CN1CC(C(=O)Nc2cc(Cl)c(F)cc2F)CC1=O. The van der Waals surface area contributed by atoms with Crippen LogP contribution in [-0.4, -0.2) is 30.3 Å². The third-order valence-electron chi connectivity index (χ3n) is 2.98. The minimum atomic E-state index is -0.909. The Morgan fingerprint density at radius 2 is 2.11 bits per heavy atom. The van der Waals surface area contributed by atoms with Crippen molar-refractivity contribution >= 4 is 29.1 Å². The maximum atomic E-state index is 13.4. The van der Waals surface area contributed by atoms with Gasteiger partial charge in [-0.25, -0.2) is 8.78 Å². The molecule has 1 N–H and O–H groups in total. The first-order valence-corrected chi connectivity index (χ1v) is 5.95. The quantitative estimate of drug-likeness (QED) is 0.847. The largest absolute Gasteiger partial charge is 0.345 e. The molecule has 1 saturated heterocycles. The number of rotatable bonds is 2. The Kier molecular flexibility index (Phi) is 3.71. The van der Waals surface area contributed by atoms with Crippen LogP contribution in [0.5, 0.6) is 0 Å². The van der Waals surface area contributed by atoms with Crippen LogP contribution < -0.4 is 5.32 Å². The van der Waals surface area contributed by atoms with Crippen LogP contribution >= 0.6 is 11.6 Å². The molecule has 2 amide bonds. The Hall–Kier alpha value is -1.69. The predicted molar refractivity (Wildman–Crippen MR) is 65.7 cm³/mol. The maximum Gasteiger partial charge on any atom is 0.229 e. The molecule has 1 aromatic carbocycles. The Balaban J connectivity index is 2.12. The summed E-state index contributed by atoms with van der Waals surface area (Å²) in [6.07, 6.45) is 0.0822. The molecule has 1 aliphatic rings. The van der Waals surface area contributed by atoms with Gasteiger partial charge in [0, 0.05) is 26.1 Å². The van der Waals surface area contributed by atoms with E-state index in [1.165, 1.54) is 4.90 Å². The highest BCUT2D eigenvalue weighted by Crippen LogP contribution is 2.25. The van der Waals surface area contributed by atoms with Gasteiger partial charge in [-0.05, 0) is 6.07 Å². The monoisotopic (exact) mass is 288 g/mol. The fraction of sp³-hybridized carbons (Fsp3) is 0.333. The van der Waals surface area contributed by atoms with Crippen molar-refractivity contribution in [2.24, 2.45) is 5.92 Å². The van der Waals surface area contributed by atoms with E-state index < -0.39 is 23.5 Å². The van der Waals surface area contributed by atoms with Crippen LogP contribution in [0.1, 0.15) is 6.42 Å². The highest BCUT2D eigenvalue weighted by atomic mass is 35.5. The molecule has 1 unspecified atom stereocenters. The molecule has 1 fully saturated rings. The summed E-state index contributed by atoms with van der Waals surface area (Å²) in [7, 11) is 1.59. The molecule has 4 nitrogen and oxygen atoms in total. The zero-order valence-electron chi connectivity index (χ0n) is 10.0. The van der Waals surface area contributed by atoms with Crippen LogP contribution in [0.4, 0.5) is 14.5 Å². The van der Waals surface area contributed by atoms with Crippen molar-refractivity contribution in [1.82, 2.24) is 4.90 Å². The first-order valence-electron chi connectivity index (χ1n) is 5.58. The molecule has 0 aliphatic carbocycles. The molecule has 1 heterocycles. The van der Waals surface area contributed by atoms with Crippen LogP contribution in [-0.2, 0) is 9.59 Å². The Morgan fingerprint density at radius 3 is 2.68 bits per heavy atom. The van der Waals surface area contributed by atoms with Gasteiger partial charge in [-0.3, -0.25) is 9.59 Å². The fourth-order valence-corrected chi connectivity index (χ4v) is 2.06. The molecule has 7 heteroatoms. The second kappa shape index (κ2) is 5.13. The standard InChI is InChI=1S/C12H11ClF2N2O2/c1-17-5-6(2-11(17)18)12(19)16-10-3-7(13)8(14)4-9(10)15/h3-4,6H,2,5H2,1H3,(H,16,19). The lowest BCUT2D eigenvalue weighted by Gasteiger charge is -2.12. The van der Waals surface area contributed by atoms with E-state index in [9.17, 15) is 18.4 Å². The van der Waals surface area contributed by atoms with Crippen molar-refractivity contribution in [1.29, 1.82) is 0 Å². The van der Waals surface area contributed by atoms with E-state index in [4.69, 9.17) is 11.6 Å². The van der Waals surface area contributed by atoms with Crippen LogP contribution in [0.3, 0.4) is 0 Å². The average molecular weight is 289 g/mol. The number of nitrogens with zero attached hydrogens (tertiary/aromatic N) is 1. The molecule has 2 rings (SSSR count). The van der Waals surface area contributed by atoms with Crippen molar-refractivity contribution in [2.75, 3.05) is 18.9 Å². The summed E-state index contributed by atoms with van der Waals surface area (Å²) in [6, 6.07) is 1.61. The molecule has 1 atom stereocenters. The Bertz CT molecular complexity index is 551. The molecule has 0 radical (unpaired) electrons.